The summed E-state index contributed by atoms with van der Waals surface area (Å²) in [5, 5.41) is 9.20. The quantitative estimate of drug-likeness (QED) is 0.848. The molecule has 0 aromatic carbocycles. The SMILES string of the molecule is Cc1oc(C)c(S(=O)(=O)NC(C)C2CCOC2)c1C(=O)O. The predicted octanol–water partition coefficient (Wildman–Crippen LogP) is 1.30. The Bertz CT molecular complexity index is 642. The molecule has 7 nitrogen and oxygen atoms in total. The number of hydrogen-bond acceptors (Lipinski definition) is 5. The number of rotatable bonds is 5. The molecule has 1 fully saturated rings. The van der Waals surface area contributed by atoms with E-state index >= 15 is 0 Å². The van der Waals surface area contributed by atoms with Crippen molar-refractivity contribution in [2.45, 2.75) is 38.1 Å². The normalized spacial score (nSPS) is 20.6. The molecule has 1 aromatic rings. The smallest absolute Gasteiger partial charge is 0.340 e. The Morgan fingerprint density at radius 3 is 2.57 bits per heavy atom. The minimum Gasteiger partial charge on any atom is -0.478 e. The number of sulfonamides is 1. The average molecular weight is 317 g/mol. The number of carboxylic acid groups (broad SMARTS) is 1. The number of carboxylic acids is 1. The highest BCUT2D eigenvalue weighted by Gasteiger charge is 2.33. The topological polar surface area (TPSA) is 106 Å². The molecular formula is C13H19NO6S. The van der Waals surface area contributed by atoms with Crippen molar-refractivity contribution in [3.8, 4) is 0 Å². The van der Waals surface area contributed by atoms with Gasteiger partial charge in [0.1, 0.15) is 22.0 Å². The Hall–Kier alpha value is -1.38. The van der Waals surface area contributed by atoms with Crippen LogP contribution in [0.3, 0.4) is 0 Å². The van der Waals surface area contributed by atoms with Crippen LogP contribution in [0, 0.1) is 19.8 Å². The first-order chi connectivity index (χ1) is 9.74. The van der Waals surface area contributed by atoms with Gasteiger partial charge in [-0.05, 0) is 27.2 Å². The number of nitrogens with one attached hydrogen (secondary N) is 1. The molecule has 1 aliphatic rings. The third kappa shape index (κ3) is 3.12. The first-order valence-corrected chi connectivity index (χ1v) is 8.15. The number of aryl methyl sites for hydroxylation is 2. The number of hydrogen-bond donors (Lipinski definition) is 2. The van der Waals surface area contributed by atoms with Gasteiger partial charge in [0, 0.05) is 18.6 Å². The van der Waals surface area contributed by atoms with Crippen molar-refractivity contribution in [3.63, 3.8) is 0 Å². The lowest BCUT2D eigenvalue weighted by Gasteiger charge is -2.19. The molecule has 0 amide bonds. The van der Waals surface area contributed by atoms with E-state index in [1.165, 1.54) is 13.8 Å². The van der Waals surface area contributed by atoms with Crippen molar-refractivity contribution in [2.24, 2.45) is 5.92 Å². The second kappa shape index (κ2) is 5.78. The summed E-state index contributed by atoms with van der Waals surface area (Å²) in [4.78, 5) is 11.0. The number of carbonyl (C=O) groups is 1. The van der Waals surface area contributed by atoms with Gasteiger partial charge in [-0.2, -0.15) is 0 Å². The summed E-state index contributed by atoms with van der Waals surface area (Å²) in [7, 11) is -3.96. The maximum atomic E-state index is 12.5. The summed E-state index contributed by atoms with van der Waals surface area (Å²) >= 11 is 0. The Kier molecular flexibility index (Phi) is 4.40. The first kappa shape index (κ1) is 16.0. The number of ether oxygens (including phenoxy) is 1. The van der Waals surface area contributed by atoms with E-state index in [-0.39, 0.29) is 33.9 Å². The van der Waals surface area contributed by atoms with Crippen molar-refractivity contribution in [1.82, 2.24) is 4.72 Å². The third-order valence-corrected chi connectivity index (χ3v) is 5.41. The Morgan fingerprint density at radius 2 is 2.05 bits per heavy atom. The van der Waals surface area contributed by atoms with Gasteiger partial charge in [-0.1, -0.05) is 0 Å². The molecule has 2 atom stereocenters. The molecule has 2 rings (SSSR count). The molecule has 0 radical (unpaired) electrons. The highest BCUT2D eigenvalue weighted by molar-refractivity contribution is 7.89. The van der Waals surface area contributed by atoms with Crippen molar-refractivity contribution in [2.75, 3.05) is 13.2 Å². The van der Waals surface area contributed by atoms with Gasteiger partial charge in [-0.3, -0.25) is 0 Å². The summed E-state index contributed by atoms with van der Waals surface area (Å²) in [5.74, 6) is -1.08. The molecule has 118 valence electrons. The van der Waals surface area contributed by atoms with Gasteiger partial charge in [0.2, 0.25) is 10.0 Å². The van der Waals surface area contributed by atoms with Crippen LogP contribution >= 0.6 is 0 Å². The lowest BCUT2D eigenvalue weighted by atomic mass is 10.0. The van der Waals surface area contributed by atoms with E-state index in [4.69, 9.17) is 9.15 Å². The molecule has 1 saturated heterocycles. The fourth-order valence-electron chi connectivity index (χ4n) is 2.58. The van der Waals surface area contributed by atoms with E-state index in [0.29, 0.717) is 13.2 Å². The zero-order valence-electron chi connectivity index (χ0n) is 12.2. The van der Waals surface area contributed by atoms with Crippen LogP contribution in [0.25, 0.3) is 0 Å². The van der Waals surface area contributed by atoms with Crippen molar-refractivity contribution >= 4 is 16.0 Å². The Balaban J connectivity index is 2.33. The predicted molar refractivity (Wildman–Crippen MR) is 73.9 cm³/mol. The molecule has 2 heterocycles. The van der Waals surface area contributed by atoms with E-state index < -0.39 is 16.0 Å². The highest BCUT2D eigenvalue weighted by atomic mass is 32.2. The lowest BCUT2D eigenvalue weighted by molar-refractivity contribution is 0.0691. The fraction of sp³-hybridized carbons (Fsp3) is 0.615. The third-order valence-electron chi connectivity index (χ3n) is 3.70. The van der Waals surface area contributed by atoms with Crippen molar-refractivity contribution in [1.29, 1.82) is 0 Å². The molecule has 2 unspecified atom stereocenters. The second-order valence-corrected chi connectivity index (χ2v) is 6.91. The van der Waals surface area contributed by atoms with Crippen LogP contribution in [0.4, 0.5) is 0 Å². The van der Waals surface area contributed by atoms with Gasteiger partial charge < -0.3 is 14.3 Å². The molecule has 0 aliphatic carbocycles. The maximum Gasteiger partial charge on any atom is 0.340 e. The number of furan rings is 1. The van der Waals surface area contributed by atoms with Crippen LogP contribution in [0.5, 0.6) is 0 Å². The summed E-state index contributed by atoms with van der Waals surface area (Å²) in [6, 6.07) is -0.339. The van der Waals surface area contributed by atoms with Crippen LogP contribution in [0.2, 0.25) is 0 Å². The van der Waals surface area contributed by atoms with Gasteiger partial charge in [-0.15, -0.1) is 0 Å². The average Bonchev–Trinajstić information content (AvgIpc) is 2.95. The molecular weight excluding hydrogens is 298 g/mol. The molecule has 1 aliphatic heterocycles. The van der Waals surface area contributed by atoms with E-state index in [0.717, 1.165) is 6.42 Å². The van der Waals surface area contributed by atoms with Crippen LogP contribution in [0.1, 0.15) is 35.2 Å². The lowest BCUT2D eigenvalue weighted by Crippen LogP contribution is -2.38. The van der Waals surface area contributed by atoms with Crippen LogP contribution in [0.15, 0.2) is 9.31 Å². The molecule has 0 bridgehead atoms. The van der Waals surface area contributed by atoms with Gasteiger partial charge in [-0.25, -0.2) is 17.9 Å². The largest absolute Gasteiger partial charge is 0.478 e. The van der Waals surface area contributed by atoms with Gasteiger partial charge >= 0.3 is 5.97 Å². The van der Waals surface area contributed by atoms with Crippen LogP contribution in [-0.2, 0) is 14.8 Å². The van der Waals surface area contributed by atoms with Crippen LogP contribution < -0.4 is 4.72 Å². The number of aromatic carboxylic acids is 1. The van der Waals surface area contributed by atoms with Gasteiger partial charge in [0.25, 0.3) is 0 Å². The maximum absolute atomic E-state index is 12.5. The standard InChI is InChI=1S/C13H19NO6S/c1-7(10-4-5-19-6-10)14-21(17,18)12-9(3)20-8(2)11(12)13(15)16/h7,10,14H,4-6H2,1-3H3,(H,15,16). The molecule has 8 heteroatoms. The van der Waals surface area contributed by atoms with Crippen LogP contribution in [-0.4, -0.2) is 38.7 Å². The molecule has 0 saturated carbocycles. The zero-order chi connectivity index (χ0) is 15.8. The van der Waals surface area contributed by atoms with Crippen molar-refractivity contribution < 1.29 is 27.5 Å². The van der Waals surface area contributed by atoms with Crippen molar-refractivity contribution in [3.05, 3.63) is 17.1 Å². The molecule has 2 N–H and O–H groups in total. The minimum absolute atomic E-state index is 0.0762. The zero-order valence-corrected chi connectivity index (χ0v) is 13.0. The molecule has 0 spiro atoms. The van der Waals surface area contributed by atoms with Gasteiger partial charge in [0.05, 0.1) is 6.61 Å². The summed E-state index contributed by atoms with van der Waals surface area (Å²) in [6.07, 6.45) is 0.777. The summed E-state index contributed by atoms with van der Waals surface area (Å²) < 4.78 is 37.9. The summed E-state index contributed by atoms with van der Waals surface area (Å²) in [6.45, 7) is 5.74. The Morgan fingerprint density at radius 1 is 1.38 bits per heavy atom. The highest BCUT2D eigenvalue weighted by Crippen LogP contribution is 2.27. The van der Waals surface area contributed by atoms with E-state index in [2.05, 4.69) is 4.72 Å². The van der Waals surface area contributed by atoms with E-state index in [9.17, 15) is 18.3 Å². The minimum atomic E-state index is -3.96. The fourth-order valence-corrected chi connectivity index (χ4v) is 4.30. The summed E-state index contributed by atoms with van der Waals surface area (Å²) in [5.41, 5.74) is -0.310. The Labute approximate surface area is 123 Å². The molecule has 1 aromatic heterocycles. The monoisotopic (exact) mass is 317 g/mol. The second-order valence-electron chi connectivity index (χ2n) is 5.26. The molecule has 21 heavy (non-hydrogen) atoms. The van der Waals surface area contributed by atoms with E-state index in [1.807, 2.05) is 0 Å². The first-order valence-electron chi connectivity index (χ1n) is 6.67. The van der Waals surface area contributed by atoms with E-state index in [1.54, 1.807) is 6.92 Å². The van der Waals surface area contributed by atoms with Gasteiger partial charge in [0.15, 0.2) is 0 Å².